The number of amides is 1. The van der Waals surface area contributed by atoms with Gasteiger partial charge in [-0.2, -0.15) is 5.10 Å². The minimum atomic E-state index is -0.435. The van der Waals surface area contributed by atoms with Crippen LogP contribution in [0.15, 0.2) is 97.1 Å². The number of benzene rings is 3. The van der Waals surface area contributed by atoms with E-state index in [1.165, 1.54) is 6.08 Å². The summed E-state index contributed by atoms with van der Waals surface area (Å²) in [7, 11) is 0. The summed E-state index contributed by atoms with van der Waals surface area (Å²) in [5, 5.41) is 7.48. The van der Waals surface area contributed by atoms with Crippen LogP contribution in [0.2, 0.25) is 0 Å². The molecule has 1 heterocycles. The molecular formula is C29H27N3O4. The average molecular weight is 482 g/mol. The number of allylic oxidation sites excluding steroid dienone is 1. The van der Waals surface area contributed by atoms with Crippen molar-refractivity contribution >= 4 is 17.6 Å². The number of hydrogen-bond donors (Lipinski definition) is 1. The molecule has 0 saturated carbocycles. The third kappa shape index (κ3) is 6.27. The van der Waals surface area contributed by atoms with Gasteiger partial charge in [-0.25, -0.2) is 4.79 Å². The molecule has 0 bridgehead atoms. The standard InChI is InChI=1S/C29H27N3O4/c1-3-8-28(33)30-23-15-11-21(12-16-23)20-32-27(29(34)35-4-2)19-26(31-32)22-13-17-25(18-14-22)36-24-9-6-5-7-10-24/h3,5-19H,4,20H2,1-2H3,(H,30,33)/b8-3+. The molecule has 0 atom stereocenters. The zero-order chi connectivity index (χ0) is 25.3. The Labute approximate surface area is 210 Å². The van der Waals surface area contributed by atoms with Crippen molar-refractivity contribution in [1.82, 2.24) is 9.78 Å². The van der Waals surface area contributed by atoms with Crippen LogP contribution < -0.4 is 10.1 Å². The van der Waals surface area contributed by atoms with Gasteiger partial charge in [0.2, 0.25) is 5.91 Å². The van der Waals surface area contributed by atoms with Gasteiger partial charge in [-0.3, -0.25) is 9.48 Å². The van der Waals surface area contributed by atoms with E-state index >= 15 is 0 Å². The van der Waals surface area contributed by atoms with Gasteiger partial charge in [0, 0.05) is 11.3 Å². The van der Waals surface area contributed by atoms with Crippen molar-refractivity contribution in [2.24, 2.45) is 0 Å². The molecule has 0 saturated heterocycles. The predicted molar refractivity (Wildman–Crippen MR) is 139 cm³/mol. The number of para-hydroxylation sites is 1. The number of rotatable bonds is 9. The van der Waals surface area contributed by atoms with E-state index in [1.54, 1.807) is 30.7 Å². The van der Waals surface area contributed by atoms with Crippen LogP contribution in [0, 0.1) is 0 Å². The van der Waals surface area contributed by atoms with Crippen LogP contribution in [0.25, 0.3) is 11.3 Å². The number of ether oxygens (including phenoxy) is 2. The number of esters is 1. The first kappa shape index (κ1) is 24.5. The maximum Gasteiger partial charge on any atom is 0.356 e. The molecule has 1 aromatic heterocycles. The maximum atomic E-state index is 12.6. The molecule has 7 heteroatoms. The summed E-state index contributed by atoms with van der Waals surface area (Å²) in [5.74, 6) is 0.838. The number of nitrogens with one attached hydrogen (secondary N) is 1. The zero-order valence-corrected chi connectivity index (χ0v) is 20.2. The lowest BCUT2D eigenvalue weighted by molar-refractivity contribution is -0.111. The van der Waals surface area contributed by atoms with Crippen LogP contribution in [0.4, 0.5) is 5.69 Å². The highest BCUT2D eigenvalue weighted by molar-refractivity contribution is 5.99. The quantitative estimate of drug-likeness (QED) is 0.231. The van der Waals surface area contributed by atoms with Gasteiger partial charge in [0.05, 0.1) is 18.8 Å². The molecule has 0 aliphatic heterocycles. The molecule has 4 aromatic rings. The molecule has 7 nitrogen and oxygen atoms in total. The molecule has 4 rings (SSSR count). The third-order valence-corrected chi connectivity index (χ3v) is 5.27. The Kier molecular flexibility index (Phi) is 7.93. The van der Waals surface area contributed by atoms with Crippen LogP contribution in [0.1, 0.15) is 29.9 Å². The molecule has 3 aromatic carbocycles. The number of hydrogen-bond acceptors (Lipinski definition) is 5. The molecule has 0 radical (unpaired) electrons. The molecule has 182 valence electrons. The third-order valence-electron chi connectivity index (χ3n) is 5.27. The van der Waals surface area contributed by atoms with Crippen molar-refractivity contribution in [3.63, 3.8) is 0 Å². The van der Waals surface area contributed by atoms with Gasteiger partial charge >= 0.3 is 5.97 Å². The zero-order valence-electron chi connectivity index (χ0n) is 20.2. The number of nitrogens with zero attached hydrogens (tertiary/aromatic N) is 2. The fourth-order valence-electron chi connectivity index (χ4n) is 3.57. The van der Waals surface area contributed by atoms with E-state index in [-0.39, 0.29) is 12.5 Å². The van der Waals surface area contributed by atoms with Crippen molar-refractivity contribution < 1.29 is 19.1 Å². The van der Waals surface area contributed by atoms with Gasteiger partial charge in [0.1, 0.15) is 17.2 Å². The minimum Gasteiger partial charge on any atom is -0.461 e. The fraction of sp³-hybridized carbons (Fsp3) is 0.138. The van der Waals surface area contributed by atoms with E-state index in [1.807, 2.05) is 78.9 Å². The Hall–Kier alpha value is -4.65. The lowest BCUT2D eigenvalue weighted by Crippen LogP contribution is -2.14. The van der Waals surface area contributed by atoms with Gasteiger partial charge < -0.3 is 14.8 Å². The number of carbonyl (C=O) groups is 2. The summed E-state index contributed by atoms with van der Waals surface area (Å²) in [6, 6.07) is 26.2. The monoisotopic (exact) mass is 481 g/mol. The van der Waals surface area contributed by atoms with E-state index in [0.717, 1.165) is 16.9 Å². The normalized spacial score (nSPS) is 10.8. The second-order valence-corrected chi connectivity index (χ2v) is 7.92. The van der Waals surface area contributed by atoms with Gasteiger partial charge in [-0.15, -0.1) is 0 Å². The van der Waals surface area contributed by atoms with E-state index in [4.69, 9.17) is 9.47 Å². The summed E-state index contributed by atoms with van der Waals surface area (Å²) < 4.78 is 12.8. The Bertz CT molecular complexity index is 1340. The Balaban J connectivity index is 1.54. The van der Waals surface area contributed by atoms with Crippen molar-refractivity contribution in [3.8, 4) is 22.8 Å². The summed E-state index contributed by atoms with van der Waals surface area (Å²) >= 11 is 0. The van der Waals surface area contributed by atoms with Gasteiger partial charge in [-0.05, 0) is 80.1 Å². The SMILES string of the molecule is C/C=C/C(=O)Nc1ccc(Cn2nc(-c3ccc(Oc4ccccc4)cc3)cc2C(=O)OCC)cc1. The van der Waals surface area contributed by atoms with E-state index < -0.39 is 5.97 Å². The maximum absolute atomic E-state index is 12.6. The highest BCUT2D eigenvalue weighted by atomic mass is 16.5. The van der Waals surface area contributed by atoms with Crippen molar-refractivity contribution in [2.75, 3.05) is 11.9 Å². The summed E-state index contributed by atoms with van der Waals surface area (Å²) in [6.07, 6.45) is 3.14. The molecule has 0 spiro atoms. The first-order valence-corrected chi connectivity index (χ1v) is 11.7. The molecular weight excluding hydrogens is 454 g/mol. The molecule has 0 unspecified atom stereocenters. The second-order valence-electron chi connectivity index (χ2n) is 7.92. The Morgan fingerprint density at radius 2 is 1.64 bits per heavy atom. The van der Waals surface area contributed by atoms with Crippen molar-refractivity contribution in [3.05, 3.63) is 108 Å². The van der Waals surface area contributed by atoms with Crippen LogP contribution in [0.3, 0.4) is 0 Å². The van der Waals surface area contributed by atoms with Crippen molar-refractivity contribution in [1.29, 1.82) is 0 Å². The van der Waals surface area contributed by atoms with Gasteiger partial charge in [0.15, 0.2) is 0 Å². The lowest BCUT2D eigenvalue weighted by atomic mass is 10.1. The van der Waals surface area contributed by atoms with E-state index in [0.29, 0.717) is 29.4 Å². The minimum absolute atomic E-state index is 0.188. The fourth-order valence-corrected chi connectivity index (χ4v) is 3.57. The second kappa shape index (κ2) is 11.7. The average Bonchev–Trinajstić information content (AvgIpc) is 3.30. The summed E-state index contributed by atoms with van der Waals surface area (Å²) in [4.78, 5) is 24.4. The van der Waals surface area contributed by atoms with Crippen LogP contribution in [-0.2, 0) is 16.1 Å². The van der Waals surface area contributed by atoms with Gasteiger partial charge in [-0.1, -0.05) is 36.4 Å². The van der Waals surface area contributed by atoms with Crippen LogP contribution in [-0.4, -0.2) is 28.3 Å². The highest BCUT2D eigenvalue weighted by Crippen LogP contribution is 2.26. The summed E-state index contributed by atoms with van der Waals surface area (Å²) in [6.45, 7) is 4.19. The Morgan fingerprint density at radius 1 is 0.944 bits per heavy atom. The molecule has 0 fully saturated rings. The molecule has 0 aliphatic carbocycles. The largest absolute Gasteiger partial charge is 0.461 e. The number of carbonyl (C=O) groups excluding carboxylic acids is 2. The first-order chi connectivity index (χ1) is 17.6. The van der Waals surface area contributed by atoms with Crippen molar-refractivity contribution in [2.45, 2.75) is 20.4 Å². The Morgan fingerprint density at radius 3 is 2.31 bits per heavy atom. The lowest BCUT2D eigenvalue weighted by Gasteiger charge is -2.08. The predicted octanol–water partition coefficient (Wildman–Crippen LogP) is 6.08. The van der Waals surface area contributed by atoms with Crippen LogP contribution in [0.5, 0.6) is 11.5 Å². The molecule has 1 amide bonds. The topological polar surface area (TPSA) is 82.5 Å². The summed E-state index contributed by atoms with van der Waals surface area (Å²) in [5.41, 5.74) is 3.47. The highest BCUT2D eigenvalue weighted by Gasteiger charge is 2.18. The number of anilines is 1. The van der Waals surface area contributed by atoms with Gasteiger partial charge in [0.25, 0.3) is 0 Å². The van der Waals surface area contributed by atoms with E-state index in [2.05, 4.69) is 10.4 Å². The molecule has 36 heavy (non-hydrogen) atoms. The number of aromatic nitrogens is 2. The van der Waals surface area contributed by atoms with E-state index in [9.17, 15) is 9.59 Å². The van der Waals surface area contributed by atoms with Crippen LogP contribution >= 0.6 is 0 Å². The smallest absolute Gasteiger partial charge is 0.356 e. The first-order valence-electron chi connectivity index (χ1n) is 11.7. The molecule has 0 aliphatic rings. The molecule has 1 N–H and O–H groups in total.